The molecule has 1 atom stereocenters. The summed E-state index contributed by atoms with van der Waals surface area (Å²) in [6.45, 7) is 1.03. The van der Waals surface area contributed by atoms with Gasteiger partial charge in [0.25, 0.3) is 5.91 Å². The number of aromatic nitrogens is 1. The van der Waals surface area contributed by atoms with Crippen molar-refractivity contribution in [3.8, 4) is 5.75 Å². The van der Waals surface area contributed by atoms with Crippen LogP contribution in [0.5, 0.6) is 5.75 Å². The first-order chi connectivity index (χ1) is 13.7. The topological polar surface area (TPSA) is 63.6 Å². The summed E-state index contributed by atoms with van der Waals surface area (Å²) in [7, 11) is 0. The summed E-state index contributed by atoms with van der Waals surface area (Å²) < 4.78 is 7.54. The van der Waals surface area contributed by atoms with Crippen molar-refractivity contribution in [3.63, 3.8) is 0 Å². The lowest BCUT2D eigenvalue weighted by Gasteiger charge is -2.34. The normalized spacial score (nSPS) is 22.5. The van der Waals surface area contributed by atoms with Gasteiger partial charge in [-0.15, -0.1) is 0 Å². The third-order valence-electron chi connectivity index (χ3n) is 6.45. The van der Waals surface area contributed by atoms with Crippen LogP contribution in [-0.4, -0.2) is 28.2 Å². The van der Waals surface area contributed by atoms with Gasteiger partial charge in [-0.05, 0) is 30.2 Å². The van der Waals surface area contributed by atoms with Crippen molar-refractivity contribution in [3.05, 3.63) is 64.1 Å². The Kier molecular flexibility index (Phi) is 4.14. The van der Waals surface area contributed by atoms with E-state index in [1.165, 1.54) is 38.2 Å². The Morgan fingerprint density at radius 1 is 1.07 bits per heavy atom. The fourth-order valence-corrected chi connectivity index (χ4v) is 5.04. The number of fused-ring (bicyclic) bond motifs is 2. The SMILES string of the molecule is O=C1c2c(OCc3ccccc3)c(=O)ccn2NC2CC3(CCCCC3)CN12. The molecule has 1 saturated heterocycles. The number of nitrogens with zero attached hydrogens (tertiary/aromatic N) is 2. The Morgan fingerprint density at radius 2 is 1.86 bits per heavy atom. The number of amides is 1. The molecule has 0 bridgehead atoms. The van der Waals surface area contributed by atoms with Gasteiger partial charge in [0.1, 0.15) is 12.8 Å². The summed E-state index contributed by atoms with van der Waals surface area (Å²) in [5, 5.41) is 0. The maximum absolute atomic E-state index is 13.4. The molecule has 3 heterocycles. The summed E-state index contributed by atoms with van der Waals surface area (Å²) in [6, 6.07) is 11.1. The molecule has 2 aliphatic heterocycles. The number of ether oxygens (including phenoxy) is 1. The van der Waals surface area contributed by atoms with Crippen LogP contribution in [0.3, 0.4) is 0 Å². The molecule has 2 aromatic rings. The highest BCUT2D eigenvalue weighted by Gasteiger charge is 2.49. The van der Waals surface area contributed by atoms with Crippen LogP contribution >= 0.6 is 0 Å². The molecular formula is C22H25N3O3. The molecule has 1 saturated carbocycles. The molecule has 6 heteroatoms. The maximum Gasteiger partial charge on any atom is 0.278 e. The van der Waals surface area contributed by atoms with Gasteiger partial charge in [0.2, 0.25) is 5.43 Å². The second-order valence-corrected chi connectivity index (χ2v) is 8.34. The van der Waals surface area contributed by atoms with Gasteiger partial charge in [0.15, 0.2) is 11.4 Å². The lowest BCUT2D eigenvalue weighted by Crippen LogP contribution is -2.50. The number of benzene rings is 1. The van der Waals surface area contributed by atoms with Crippen LogP contribution in [0.15, 0.2) is 47.4 Å². The van der Waals surface area contributed by atoms with Gasteiger partial charge in [-0.25, -0.2) is 0 Å². The number of hydrogen-bond donors (Lipinski definition) is 1. The molecule has 1 spiro atoms. The Hall–Kier alpha value is -2.76. The van der Waals surface area contributed by atoms with Crippen LogP contribution in [0, 0.1) is 5.41 Å². The number of carbonyl (C=O) groups is 1. The van der Waals surface area contributed by atoms with Gasteiger partial charge < -0.3 is 15.1 Å². The first-order valence-corrected chi connectivity index (χ1v) is 10.2. The lowest BCUT2D eigenvalue weighted by atomic mass is 9.73. The smallest absolute Gasteiger partial charge is 0.278 e. The molecule has 1 aromatic heterocycles. The largest absolute Gasteiger partial charge is 0.482 e. The zero-order valence-corrected chi connectivity index (χ0v) is 15.9. The number of rotatable bonds is 3. The second kappa shape index (κ2) is 6.69. The van der Waals surface area contributed by atoms with Gasteiger partial charge in [0.05, 0.1) is 0 Å². The zero-order chi connectivity index (χ0) is 19.1. The minimum atomic E-state index is -0.262. The van der Waals surface area contributed by atoms with E-state index >= 15 is 0 Å². The number of pyridine rings is 1. The zero-order valence-electron chi connectivity index (χ0n) is 15.9. The van der Waals surface area contributed by atoms with E-state index in [1.807, 2.05) is 35.2 Å². The highest BCUT2D eigenvalue weighted by Crippen LogP contribution is 2.47. The molecule has 3 aliphatic rings. The molecule has 6 nitrogen and oxygen atoms in total. The van der Waals surface area contributed by atoms with E-state index in [1.54, 1.807) is 10.9 Å². The van der Waals surface area contributed by atoms with Gasteiger partial charge in [-0.2, -0.15) is 0 Å². The average Bonchev–Trinajstić information content (AvgIpc) is 3.07. The maximum atomic E-state index is 13.4. The van der Waals surface area contributed by atoms with Crippen LogP contribution in [0.4, 0.5) is 0 Å². The highest BCUT2D eigenvalue weighted by atomic mass is 16.5. The Labute approximate surface area is 164 Å². The third kappa shape index (κ3) is 2.87. The molecular weight excluding hydrogens is 354 g/mol. The number of hydrogen-bond acceptors (Lipinski definition) is 4. The molecule has 1 unspecified atom stereocenters. The summed E-state index contributed by atoms with van der Waals surface area (Å²) in [5.41, 5.74) is 4.66. The van der Waals surface area contributed by atoms with Gasteiger partial charge in [0, 0.05) is 18.8 Å². The van der Waals surface area contributed by atoms with E-state index in [0.717, 1.165) is 18.5 Å². The van der Waals surface area contributed by atoms with Crippen LogP contribution in [0.1, 0.15) is 54.6 Å². The van der Waals surface area contributed by atoms with E-state index in [0.29, 0.717) is 5.69 Å². The summed E-state index contributed by atoms with van der Waals surface area (Å²) in [4.78, 5) is 27.8. The lowest BCUT2D eigenvalue weighted by molar-refractivity contribution is 0.0672. The summed E-state index contributed by atoms with van der Waals surface area (Å²) in [6.07, 6.45) is 8.75. The molecule has 1 aliphatic carbocycles. The van der Waals surface area contributed by atoms with E-state index in [2.05, 4.69) is 5.43 Å². The van der Waals surface area contributed by atoms with Gasteiger partial charge >= 0.3 is 0 Å². The van der Waals surface area contributed by atoms with Crippen molar-refractivity contribution in [2.45, 2.75) is 51.3 Å². The molecule has 1 aromatic carbocycles. The van der Waals surface area contributed by atoms with Gasteiger partial charge in [-0.3, -0.25) is 14.3 Å². The fourth-order valence-electron chi connectivity index (χ4n) is 5.04. The van der Waals surface area contributed by atoms with E-state index < -0.39 is 0 Å². The number of carbonyl (C=O) groups excluding carboxylic acids is 1. The molecule has 2 fully saturated rings. The standard InChI is InChI=1S/C22H25N3O3/c26-17-9-12-25-19(20(17)28-14-16-7-3-1-4-8-16)21(27)24-15-22(13-18(24)23-25)10-5-2-6-11-22/h1,3-4,7-9,12,18,23H,2,5-6,10-11,13-15H2. The molecule has 1 N–H and O–H groups in total. The molecule has 5 rings (SSSR count). The van der Waals surface area contributed by atoms with Crippen molar-refractivity contribution in [2.24, 2.45) is 5.41 Å². The molecule has 1 amide bonds. The predicted molar refractivity (Wildman–Crippen MR) is 106 cm³/mol. The minimum absolute atomic E-state index is 0.0115. The van der Waals surface area contributed by atoms with E-state index in [9.17, 15) is 9.59 Å². The first-order valence-electron chi connectivity index (χ1n) is 10.2. The molecule has 0 radical (unpaired) electrons. The Bertz CT molecular complexity index is 947. The first kappa shape index (κ1) is 17.3. The van der Waals surface area contributed by atoms with E-state index in [-0.39, 0.29) is 35.3 Å². The predicted octanol–water partition coefficient (Wildman–Crippen LogP) is 3.11. The van der Waals surface area contributed by atoms with Crippen molar-refractivity contribution >= 4 is 5.91 Å². The summed E-state index contributed by atoms with van der Waals surface area (Å²) >= 11 is 0. The van der Waals surface area contributed by atoms with Crippen LogP contribution in [0.25, 0.3) is 0 Å². The van der Waals surface area contributed by atoms with Crippen LogP contribution < -0.4 is 15.6 Å². The molecule has 146 valence electrons. The minimum Gasteiger partial charge on any atom is -0.482 e. The van der Waals surface area contributed by atoms with Crippen molar-refractivity contribution in [1.29, 1.82) is 0 Å². The fraction of sp³-hybridized carbons (Fsp3) is 0.455. The summed E-state index contributed by atoms with van der Waals surface area (Å²) in [5.74, 6) is 0.0267. The highest BCUT2D eigenvalue weighted by molar-refractivity contribution is 5.96. The molecule has 28 heavy (non-hydrogen) atoms. The monoisotopic (exact) mass is 379 g/mol. The van der Waals surface area contributed by atoms with Gasteiger partial charge in [-0.1, -0.05) is 49.6 Å². The van der Waals surface area contributed by atoms with Crippen LogP contribution in [-0.2, 0) is 6.61 Å². The quantitative estimate of drug-likeness (QED) is 0.890. The second-order valence-electron chi connectivity index (χ2n) is 8.34. The Morgan fingerprint density at radius 3 is 2.64 bits per heavy atom. The van der Waals surface area contributed by atoms with Crippen LogP contribution in [0.2, 0.25) is 0 Å². The van der Waals surface area contributed by atoms with E-state index in [4.69, 9.17) is 4.74 Å². The average molecular weight is 379 g/mol. The third-order valence-corrected chi connectivity index (χ3v) is 6.45. The number of nitrogens with one attached hydrogen (secondary N) is 1. The van der Waals surface area contributed by atoms with Crippen molar-refractivity contribution in [1.82, 2.24) is 9.58 Å². The van der Waals surface area contributed by atoms with Crippen molar-refractivity contribution in [2.75, 3.05) is 12.0 Å². The Balaban J connectivity index is 1.44. The van der Waals surface area contributed by atoms with Crippen molar-refractivity contribution < 1.29 is 9.53 Å².